The maximum atomic E-state index is 12.9. The van der Waals surface area contributed by atoms with Crippen LogP contribution in [0.15, 0.2) is 82.5 Å². The molecule has 0 bridgehead atoms. The second-order valence-corrected chi connectivity index (χ2v) is 6.57. The third-order valence-electron chi connectivity index (χ3n) is 4.58. The van der Waals surface area contributed by atoms with Gasteiger partial charge in [-0.3, -0.25) is 9.36 Å². The molecule has 0 aliphatic heterocycles. The number of benzene rings is 2. The number of para-hydroxylation sites is 1. The molecule has 0 aliphatic rings. The molecule has 0 N–H and O–H groups in total. The van der Waals surface area contributed by atoms with E-state index in [1.807, 2.05) is 60.7 Å². The average molecular weight is 384 g/mol. The van der Waals surface area contributed by atoms with Crippen molar-refractivity contribution in [3.63, 3.8) is 0 Å². The Morgan fingerprint density at radius 3 is 2.52 bits per heavy atom. The van der Waals surface area contributed by atoms with Crippen molar-refractivity contribution in [2.75, 3.05) is 0 Å². The van der Waals surface area contributed by atoms with Gasteiger partial charge in [-0.1, -0.05) is 53.7 Å². The third-order valence-corrected chi connectivity index (χ3v) is 4.58. The van der Waals surface area contributed by atoms with Crippen molar-refractivity contribution in [1.29, 1.82) is 0 Å². The zero-order valence-corrected chi connectivity index (χ0v) is 15.3. The van der Waals surface area contributed by atoms with E-state index in [0.717, 1.165) is 11.3 Å². The van der Waals surface area contributed by atoms with Crippen LogP contribution in [0.4, 0.5) is 0 Å². The van der Waals surface area contributed by atoms with E-state index in [1.165, 1.54) is 17.1 Å². The number of rotatable bonds is 5. The second kappa shape index (κ2) is 7.16. The number of hydrogen-bond acceptors (Lipinski definition) is 6. The van der Waals surface area contributed by atoms with Crippen molar-refractivity contribution in [3.05, 3.63) is 101 Å². The standard InChI is InChI=1S/C21H16N6O2/c28-21-17-12-23-27(16-9-5-2-6-10-16)20(17)22-14-26(21)13-19-24-18(25-29-19)11-15-7-3-1-4-8-15/h1-10,12,14H,11,13H2. The Labute approximate surface area is 165 Å². The Balaban J connectivity index is 1.42. The summed E-state index contributed by atoms with van der Waals surface area (Å²) in [5, 5.41) is 8.75. The number of fused-ring (bicyclic) bond motifs is 1. The maximum absolute atomic E-state index is 12.9. The molecule has 3 aromatic heterocycles. The van der Waals surface area contributed by atoms with E-state index in [9.17, 15) is 4.79 Å². The molecule has 142 valence electrons. The zero-order valence-electron chi connectivity index (χ0n) is 15.3. The molecule has 8 nitrogen and oxygen atoms in total. The normalized spacial score (nSPS) is 11.2. The van der Waals surface area contributed by atoms with Gasteiger partial charge in [0.15, 0.2) is 11.5 Å². The van der Waals surface area contributed by atoms with Crippen LogP contribution in [0.1, 0.15) is 17.3 Å². The van der Waals surface area contributed by atoms with Crippen LogP contribution in [-0.2, 0) is 13.0 Å². The fraction of sp³-hybridized carbons (Fsp3) is 0.0952. The molecule has 5 rings (SSSR count). The molecule has 2 aromatic carbocycles. The molecule has 0 saturated carbocycles. The van der Waals surface area contributed by atoms with Gasteiger partial charge in [-0.2, -0.15) is 10.1 Å². The summed E-state index contributed by atoms with van der Waals surface area (Å²) in [7, 11) is 0. The van der Waals surface area contributed by atoms with Crippen LogP contribution in [0.2, 0.25) is 0 Å². The Morgan fingerprint density at radius 2 is 1.72 bits per heavy atom. The highest BCUT2D eigenvalue weighted by atomic mass is 16.5. The molecule has 0 fully saturated rings. The molecular weight excluding hydrogens is 368 g/mol. The summed E-state index contributed by atoms with van der Waals surface area (Å²) in [6.07, 6.45) is 3.58. The van der Waals surface area contributed by atoms with Gasteiger partial charge < -0.3 is 4.52 Å². The number of nitrogens with zero attached hydrogens (tertiary/aromatic N) is 6. The highest BCUT2D eigenvalue weighted by molar-refractivity contribution is 5.74. The summed E-state index contributed by atoms with van der Waals surface area (Å²) >= 11 is 0. The Bertz CT molecular complexity index is 1320. The van der Waals surface area contributed by atoms with Gasteiger partial charge in [0, 0.05) is 6.42 Å². The van der Waals surface area contributed by atoms with Gasteiger partial charge in [0.1, 0.15) is 18.3 Å². The van der Waals surface area contributed by atoms with E-state index in [0.29, 0.717) is 29.2 Å². The highest BCUT2D eigenvalue weighted by Crippen LogP contribution is 2.13. The molecule has 8 heteroatoms. The summed E-state index contributed by atoms with van der Waals surface area (Å²) in [6, 6.07) is 19.5. The second-order valence-electron chi connectivity index (χ2n) is 6.57. The summed E-state index contributed by atoms with van der Waals surface area (Å²) in [5.41, 5.74) is 2.23. The van der Waals surface area contributed by atoms with Crippen molar-refractivity contribution in [3.8, 4) is 5.69 Å². The van der Waals surface area contributed by atoms with Crippen molar-refractivity contribution < 1.29 is 4.52 Å². The predicted molar refractivity (Wildman–Crippen MR) is 106 cm³/mol. The van der Waals surface area contributed by atoms with Crippen LogP contribution in [0.25, 0.3) is 16.7 Å². The molecule has 5 aromatic rings. The number of hydrogen-bond donors (Lipinski definition) is 0. The zero-order chi connectivity index (χ0) is 19.6. The van der Waals surface area contributed by atoms with Gasteiger partial charge >= 0.3 is 0 Å². The molecule has 3 heterocycles. The van der Waals surface area contributed by atoms with Crippen LogP contribution in [0.5, 0.6) is 0 Å². The van der Waals surface area contributed by atoms with Crippen molar-refractivity contribution in [2.45, 2.75) is 13.0 Å². The van der Waals surface area contributed by atoms with Gasteiger partial charge in [0.25, 0.3) is 5.56 Å². The predicted octanol–water partition coefficient (Wildman–Crippen LogP) is 2.60. The van der Waals surface area contributed by atoms with E-state index >= 15 is 0 Å². The van der Waals surface area contributed by atoms with E-state index in [4.69, 9.17) is 4.52 Å². The summed E-state index contributed by atoms with van der Waals surface area (Å²) in [6.45, 7) is 0.153. The minimum Gasteiger partial charge on any atom is -0.337 e. The first kappa shape index (κ1) is 17.1. The molecule has 0 saturated heterocycles. The summed E-state index contributed by atoms with van der Waals surface area (Å²) < 4.78 is 8.40. The summed E-state index contributed by atoms with van der Waals surface area (Å²) in [5.74, 6) is 0.930. The van der Waals surface area contributed by atoms with Crippen LogP contribution < -0.4 is 5.56 Å². The fourth-order valence-electron chi connectivity index (χ4n) is 3.17. The average Bonchev–Trinajstić information content (AvgIpc) is 3.39. The highest BCUT2D eigenvalue weighted by Gasteiger charge is 2.14. The largest absolute Gasteiger partial charge is 0.337 e. The smallest absolute Gasteiger partial charge is 0.264 e. The van der Waals surface area contributed by atoms with Gasteiger partial charge in [-0.15, -0.1) is 0 Å². The molecular formula is C21H16N6O2. The van der Waals surface area contributed by atoms with Crippen molar-refractivity contribution in [1.82, 2.24) is 29.5 Å². The molecule has 0 radical (unpaired) electrons. The lowest BCUT2D eigenvalue weighted by Gasteiger charge is -2.04. The lowest BCUT2D eigenvalue weighted by atomic mass is 10.1. The number of aromatic nitrogens is 6. The van der Waals surface area contributed by atoms with Crippen LogP contribution >= 0.6 is 0 Å². The van der Waals surface area contributed by atoms with Crippen LogP contribution in [0, 0.1) is 0 Å². The van der Waals surface area contributed by atoms with Gasteiger partial charge in [-0.25, -0.2) is 9.67 Å². The lowest BCUT2D eigenvalue weighted by molar-refractivity contribution is 0.365. The molecule has 0 spiro atoms. The SMILES string of the molecule is O=c1c2cnn(-c3ccccc3)c2ncn1Cc1nc(Cc2ccccc2)no1. The fourth-order valence-corrected chi connectivity index (χ4v) is 3.17. The Kier molecular flexibility index (Phi) is 4.21. The lowest BCUT2D eigenvalue weighted by Crippen LogP contribution is -2.21. The summed E-state index contributed by atoms with van der Waals surface area (Å²) in [4.78, 5) is 21.7. The first-order valence-corrected chi connectivity index (χ1v) is 9.12. The molecule has 0 atom stereocenters. The monoisotopic (exact) mass is 384 g/mol. The molecule has 0 unspecified atom stereocenters. The van der Waals surface area contributed by atoms with Gasteiger partial charge in [-0.05, 0) is 17.7 Å². The minimum absolute atomic E-state index is 0.153. The first-order valence-electron chi connectivity index (χ1n) is 9.12. The maximum Gasteiger partial charge on any atom is 0.264 e. The van der Waals surface area contributed by atoms with Crippen molar-refractivity contribution >= 4 is 11.0 Å². The quantitative estimate of drug-likeness (QED) is 0.463. The van der Waals surface area contributed by atoms with Gasteiger partial charge in [0.2, 0.25) is 5.89 Å². The van der Waals surface area contributed by atoms with Crippen LogP contribution in [0.3, 0.4) is 0 Å². The van der Waals surface area contributed by atoms with Crippen LogP contribution in [-0.4, -0.2) is 29.5 Å². The molecule has 0 aliphatic carbocycles. The molecule has 29 heavy (non-hydrogen) atoms. The van der Waals surface area contributed by atoms with E-state index < -0.39 is 0 Å². The topological polar surface area (TPSA) is 91.6 Å². The Morgan fingerprint density at radius 1 is 0.966 bits per heavy atom. The minimum atomic E-state index is -0.208. The van der Waals surface area contributed by atoms with E-state index in [-0.39, 0.29) is 12.1 Å². The molecule has 0 amide bonds. The van der Waals surface area contributed by atoms with Crippen molar-refractivity contribution in [2.24, 2.45) is 0 Å². The Hall–Kier alpha value is -4.07. The van der Waals surface area contributed by atoms with E-state index in [1.54, 1.807) is 4.68 Å². The van der Waals surface area contributed by atoms with E-state index in [2.05, 4.69) is 20.2 Å². The third kappa shape index (κ3) is 3.31. The first-order chi connectivity index (χ1) is 14.3. The van der Waals surface area contributed by atoms with Gasteiger partial charge in [0.05, 0.1) is 11.9 Å².